The number of benzene rings is 1. The van der Waals surface area contributed by atoms with E-state index in [1.54, 1.807) is 0 Å². The van der Waals surface area contributed by atoms with Gasteiger partial charge in [-0.15, -0.1) is 0 Å². The minimum absolute atomic E-state index is 0.480. The average Bonchev–Trinajstić information content (AvgIpc) is 2.43. The van der Waals surface area contributed by atoms with Crippen LogP contribution in [0.15, 0.2) is 30.3 Å². The largest absolute Gasteiger partial charge is 0.358 e. The molecule has 4 heteroatoms. The highest BCUT2D eigenvalue weighted by Gasteiger charge is 2.09. The van der Waals surface area contributed by atoms with Crippen LogP contribution in [0, 0.1) is 0 Å². The van der Waals surface area contributed by atoms with Crippen LogP contribution in [-0.4, -0.2) is 30.6 Å². The minimum Gasteiger partial charge on any atom is -0.358 e. The lowest BCUT2D eigenvalue weighted by Crippen LogP contribution is -2.22. The molecule has 0 aliphatic heterocycles. The van der Waals surface area contributed by atoms with Crippen molar-refractivity contribution in [3.05, 3.63) is 36.0 Å². The van der Waals surface area contributed by atoms with E-state index in [1.165, 1.54) is 10.8 Å². The summed E-state index contributed by atoms with van der Waals surface area (Å²) in [5.41, 5.74) is 6.67. The smallest absolute Gasteiger partial charge is 0.136 e. The van der Waals surface area contributed by atoms with Crippen LogP contribution in [0.3, 0.4) is 0 Å². The third-order valence-corrected chi connectivity index (χ3v) is 3.57. The number of pyridine rings is 1. The topological polar surface area (TPSA) is 42.2 Å². The molecule has 96 valence electrons. The number of hydrogen-bond acceptors (Lipinski definition) is 4. The summed E-state index contributed by atoms with van der Waals surface area (Å²) < 4.78 is 0. The first-order chi connectivity index (χ1) is 8.76. The van der Waals surface area contributed by atoms with E-state index in [9.17, 15) is 0 Å². The van der Waals surface area contributed by atoms with E-state index in [2.05, 4.69) is 47.5 Å². The fraction of sp³-hybridized carbons (Fsp3) is 0.357. The van der Waals surface area contributed by atoms with Gasteiger partial charge in [0.1, 0.15) is 5.82 Å². The summed E-state index contributed by atoms with van der Waals surface area (Å²) in [5.74, 6) is 2.13. The van der Waals surface area contributed by atoms with Crippen LogP contribution in [0.25, 0.3) is 10.8 Å². The van der Waals surface area contributed by atoms with Gasteiger partial charge >= 0.3 is 0 Å². The van der Waals surface area contributed by atoms with Crippen LogP contribution in [0.4, 0.5) is 5.82 Å². The normalized spacial score (nSPS) is 10.8. The monoisotopic (exact) mass is 261 g/mol. The van der Waals surface area contributed by atoms with Crippen LogP contribution >= 0.6 is 11.8 Å². The number of nitrogens with two attached hydrogens (primary N) is 1. The van der Waals surface area contributed by atoms with Crippen LogP contribution in [0.1, 0.15) is 5.69 Å². The van der Waals surface area contributed by atoms with Crippen molar-refractivity contribution in [3.63, 3.8) is 0 Å². The minimum atomic E-state index is 0.480. The molecule has 1 aromatic carbocycles. The van der Waals surface area contributed by atoms with E-state index >= 15 is 0 Å². The average molecular weight is 261 g/mol. The first kappa shape index (κ1) is 13.2. The summed E-state index contributed by atoms with van der Waals surface area (Å²) in [5, 5.41) is 2.40. The Balaban J connectivity index is 2.46. The molecular weight excluding hydrogens is 242 g/mol. The standard InChI is InChI=1S/C14H19N3S/c1-17(7-8-18-2)14-13-6-4-3-5-11(13)9-12(10-15)16-14/h3-6,9H,7-8,10,15H2,1-2H3. The van der Waals surface area contributed by atoms with Crippen LogP contribution in [0.5, 0.6) is 0 Å². The van der Waals surface area contributed by atoms with Gasteiger partial charge in [0.15, 0.2) is 0 Å². The highest BCUT2D eigenvalue weighted by molar-refractivity contribution is 7.98. The number of rotatable bonds is 5. The van der Waals surface area contributed by atoms with Gasteiger partial charge in [-0.25, -0.2) is 4.98 Å². The van der Waals surface area contributed by atoms with Crippen molar-refractivity contribution in [1.29, 1.82) is 0 Å². The third kappa shape index (κ3) is 2.76. The zero-order valence-electron chi connectivity index (χ0n) is 10.9. The first-order valence-corrected chi connectivity index (χ1v) is 7.44. The summed E-state index contributed by atoms with van der Waals surface area (Å²) in [6.45, 7) is 1.47. The van der Waals surface area contributed by atoms with E-state index in [0.29, 0.717) is 6.54 Å². The second-order valence-corrected chi connectivity index (χ2v) is 5.26. The number of thioether (sulfide) groups is 1. The van der Waals surface area contributed by atoms with Crippen molar-refractivity contribution in [2.24, 2.45) is 5.73 Å². The van der Waals surface area contributed by atoms with E-state index in [-0.39, 0.29) is 0 Å². The zero-order chi connectivity index (χ0) is 13.0. The number of hydrogen-bond donors (Lipinski definition) is 1. The lowest BCUT2D eigenvalue weighted by atomic mass is 10.1. The molecule has 0 unspecified atom stereocenters. The molecule has 3 nitrogen and oxygen atoms in total. The van der Waals surface area contributed by atoms with E-state index in [0.717, 1.165) is 23.8 Å². The second-order valence-electron chi connectivity index (χ2n) is 4.28. The molecule has 0 aliphatic carbocycles. The van der Waals surface area contributed by atoms with E-state index < -0.39 is 0 Å². The maximum absolute atomic E-state index is 5.72. The Kier molecular flexibility index (Phi) is 4.44. The van der Waals surface area contributed by atoms with Gasteiger partial charge in [-0.2, -0.15) is 11.8 Å². The Hall–Kier alpha value is -1.26. The summed E-state index contributed by atoms with van der Waals surface area (Å²) >= 11 is 1.85. The zero-order valence-corrected chi connectivity index (χ0v) is 11.7. The molecule has 2 aromatic rings. The molecule has 0 bridgehead atoms. The fourth-order valence-corrected chi connectivity index (χ4v) is 2.42. The molecule has 0 radical (unpaired) electrons. The van der Waals surface area contributed by atoms with Gasteiger partial charge in [0.05, 0.1) is 5.69 Å². The molecule has 0 atom stereocenters. The Morgan fingerprint density at radius 1 is 1.33 bits per heavy atom. The van der Waals surface area contributed by atoms with Crippen molar-refractivity contribution < 1.29 is 0 Å². The molecule has 2 N–H and O–H groups in total. The summed E-state index contributed by atoms with van der Waals surface area (Å²) in [6, 6.07) is 10.4. The Labute approximate surface area is 112 Å². The molecular formula is C14H19N3S. The Morgan fingerprint density at radius 3 is 2.83 bits per heavy atom. The predicted octanol–water partition coefficient (Wildman–Crippen LogP) is 2.49. The van der Waals surface area contributed by atoms with Crippen molar-refractivity contribution in [2.75, 3.05) is 30.5 Å². The number of aromatic nitrogens is 1. The number of anilines is 1. The maximum Gasteiger partial charge on any atom is 0.136 e. The van der Waals surface area contributed by atoms with Gasteiger partial charge in [-0.1, -0.05) is 24.3 Å². The van der Waals surface area contributed by atoms with Gasteiger partial charge in [0.2, 0.25) is 0 Å². The molecule has 0 saturated heterocycles. The SMILES string of the molecule is CSCCN(C)c1nc(CN)cc2ccccc12. The third-order valence-electron chi connectivity index (χ3n) is 2.97. The number of fused-ring (bicyclic) bond motifs is 1. The van der Waals surface area contributed by atoms with Gasteiger partial charge in [-0.3, -0.25) is 0 Å². The highest BCUT2D eigenvalue weighted by Crippen LogP contribution is 2.25. The number of nitrogens with zero attached hydrogens (tertiary/aromatic N) is 2. The molecule has 0 spiro atoms. The fourth-order valence-electron chi connectivity index (χ4n) is 1.96. The second kappa shape index (κ2) is 6.07. The van der Waals surface area contributed by atoms with Gasteiger partial charge in [0.25, 0.3) is 0 Å². The quantitative estimate of drug-likeness (QED) is 0.898. The summed E-state index contributed by atoms with van der Waals surface area (Å²) in [6.07, 6.45) is 2.12. The van der Waals surface area contributed by atoms with Gasteiger partial charge in [-0.05, 0) is 17.7 Å². The van der Waals surface area contributed by atoms with Crippen molar-refractivity contribution in [3.8, 4) is 0 Å². The van der Waals surface area contributed by atoms with E-state index in [4.69, 9.17) is 5.73 Å². The molecule has 0 amide bonds. The summed E-state index contributed by atoms with van der Waals surface area (Å²) in [4.78, 5) is 6.87. The van der Waals surface area contributed by atoms with Gasteiger partial charge in [0, 0.05) is 31.3 Å². The van der Waals surface area contributed by atoms with Crippen LogP contribution < -0.4 is 10.6 Å². The molecule has 1 heterocycles. The Bertz CT molecular complexity index is 527. The lowest BCUT2D eigenvalue weighted by Gasteiger charge is -2.20. The molecule has 0 fully saturated rings. The predicted molar refractivity (Wildman–Crippen MR) is 81.3 cm³/mol. The molecule has 18 heavy (non-hydrogen) atoms. The van der Waals surface area contributed by atoms with Crippen LogP contribution in [0.2, 0.25) is 0 Å². The summed E-state index contributed by atoms with van der Waals surface area (Å²) in [7, 11) is 2.09. The van der Waals surface area contributed by atoms with Crippen molar-refractivity contribution in [2.45, 2.75) is 6.54 Å². The highest BCUT2D eigenvalue weighted by atomic mass is 32.2. The molecule has 2 rings (SSSR count). The Morgan fingerprint density at radius 2 is 2.11 bits per heavy atom. The van der Waals surface area contributed by atoms with Crippen molar-refractivity contribution in [1.82, 2.24) is 4.98 Å². The molecule has 0 saturated carbocycles. The van der Waals surface area contributed by atoms with Gasteiger partial charge < -0.3 is 10.6 Å². The van der Waals surface area contributed by atoms with Crippen molar-refractivity contribution >= 4 is 28.4 Å². The molecule has 1 aromatic heterocycles. The van der Waals surface area contributed by atoms with E-state index in [1.807, 2.05) is 17.8 Å². The maximum atomic E-state index is 5.72. The molecule has 0 aliphatic rings. The lowest BCUT2D eigenvalue weighted by molar-refractivity contribution is 0.922. The van der Waals surface area contributed by atoms with Crippen LogP contribution in [-0.2, 0) is 6.54 Å². The first-order valence-electron chi connectivity index (χ1n) is 6.05.